The standard InChI is InChI=1S/C10H11N5O/c1-2-7-12-5-6-15(7)10-8(9(11)16)13-3-4-14-10/h3-6H,2H2,1H3,(H2,11,16). The van der Waals surface area contributed by atoms with E-state index in [1.54, 1.807) is 17.0 Å². The molecule has 2 N–H and O–H groups in total. The van der Waals surface area contributed by atoms with Crippen LogP contribution in [0.25, 0.3) is 5.82 Å². The summed E-state index contributed by atoms with van der Waals surface area (Å²) in [5.41, 5.74) is 5.39. The number of imidazole rings is 1. The van der Waals surface area contributed by atoms with Gasteiger partial charge in [-0.1, -0.05) is 6.92 Å². The second-order valence-corrected chi connectivity index (χ2v) is 3.16. The van der Waals surface area contributed by atoms with E-state index < -0.39 is 5.91 Å². The molecule has 0 spiro atoms. The molecule has 82 valence electrons. The first-order chi connectivity index (χ1) is 7.74. The topological polar surface area (TPSA) is 86.7 Å². The van der Waals surface area contributed by atoms with Gasteiger partial charge in [0.25, 0.3) is 5.91 Å². The summed E-state index contributed by atoms with van der Waals surface area (Å²) in [5, 5.41) is 0. The molecule has 0 aromatic carbocycles. The summed E-state index contributed by atoms with van der Waals surface area (Å²) in [6, 6.07) is 0. The van der Waals surface area contributed by atoms with E-state index >= 15 is 0 Å². The smallest absolute Gasteiger partial charge is 0.271 e. The van der Waals surface area contributed by atoms with Crippen molar-refractivity contribution in [1.29, 1.82) is 0 Å². The van der Waals surface area contributed by atoms with Crippen molar-refractivity contribution in [1.82, 2.24) is 19.5 Å². The van der Waals surface area contributed by atoms with Crippen LogP contribution >= 0.6 is 0 Å². The molecule has 0 aliphatic carbocycles. The number of carbonyl (C=O) groups is 1. The van der Waals surface area contributed by atoms with Crippen LogP contribution in [0.3, 0.4) is 0 Å². The van der Waals surface area contributed by atoms with Crippen molar-refractivity contribution in [2.45, 2.75) is 13.3 Å². The summed E-state index contributed by atoms with van der Waals surface area (Å²) in [5.74, 6) is 0.631. The lowest BCUT2D eigenvalue weighted by atomic mass is 10.3. The molecule has 0 atom stereocenters. The van der Waals surface area contributed by atoms with E-state index in [0.29, 0.717) is 5.82 Å². The predicted molar refractivity (Wildman–Crippen MR) is 57.0 cm³/mol. The van der Waals surface area contributed by atoms with Crippen molar-refractivity contribution in [2.75, 3.05) is 0 Å². The zero-order chi connectivity index (χ0) is 11.5. The van der Waals surface area contributed by atoms with Crippen LogP contribution in [0.15, 0.2) is 24.8 Å². The average molecular weight is 217 g/mol. The van der Waals surface area contributed by atoms with Gasteiger partial charge < -0.3 is 5.73 Å². The van der Waals surface area contributed by atoms with Crippen molar-refractivity contribution >= 4 is 5.91 Å². The molecule has 0 saturated carbocycles. The molecule has 6 nitrogen and oxygen atoms in total. The molecule has 2 rings (SSSR count). The Bertz CT molecular complexity index is 519. The molecular formula is C10H11N5O. The van der Waals surface area contributed by atoms with E-state index in [2.05, 4.69) is 15.0 Å². The van der Waals surface area contributed by atoms with Gasteiger partial charge in [0.2, 0.25) is 0 Å². The van der Waals surface area contributed by atoms with Crippen molar-refractivity contribution in [3.05, 3.63) is 36.3 Å². The van der Waals surface area contributed by atoms with Crippen LogP contribution in [-0.2, 0) is 6.42 Å². The highest BCUT2D eigenvalue weighted by atomic mass is 16.1. The van der Waals surface area contributed by atoms with Crippen LogP contribution in [0, 0.1) is 0 Å². The molecule has 2 aromatic heterocycles. The number of nitrogens with zero attached hydrogens (tertiary/aromatic N) is 4. The monoisotopic (exact) mass is 217 g/mol. The third-order valence-electron chi connectivity index (χ3n) is 2.17. The fraction of sp³-hybridized carbons (Fsp3) is 0.200. The van der Waals surface area contributed by atoms with E-state index in [1.165, 1.54) is 12.4 Å². The minimum atomic E-state index is -0.598. The maximum absolute atomic E-state index is 11.2. The number of aryl methyl sites for hydroxylation is 1. The van der Waals surface area contributed by atoms with Gasteiger partial charge in [-0.2, -0.15) is 0 Å². The third kappa shape index (κ3) is 1.65. The lowest BCUT2D eigenvalue weighted by Crippen LogP contribution is -2.18. The molecule has 0 fully saturated rings. The Morgan fingerprint density at radius 3 is 2.75 bits per heavy atom. The molecule has 0 aliphatic heterocycles. The quantitative estimate of drug-likeness (QED) is 0.802. The van der Waals surface area contributed by atoms with Crippen LogP contribution in [0.5, 0.6) is 0 Å². The molecule has 0 aliphatic rings. The first-order valence-electron chi connectivity index (χ1n) is 4.87. The van der Waals surface area contributed by atoms with Gasteiger partial charge in [-0.05, 0) is 0 Å². The Morgan fingerprint density at radius 2 is 2.06 bits per heavy atom. The zero-order valence-corrected chi connectivity index (χ0v) is 8.79. The first-order valence-corrected chi connectivity index (χ1v) is 4.87. The molecule has 0 bridgehead atoms. The molecule has 0 unspecified atom stereocenters. The zero-order valence-electron chi connectivity index (χ0n) is 8.79. The van der Waals surface area contributed by atoms with Gasteiger partial charge in [0, 0.05) is 31.2 Å². The maximum atomic E-state index is 11.2. The molecule has 0 radical (unpaired) electrons. The van der Waals surface area contributed by atoms with E-state index in [9.17, 15) is 4.79 Å². The normalized spacial score (nSPS) is 10.3. The van der Waals surface area contributed by atoms with Gasteiger partial charge in [0.1, 0.15) is 5.82 Å². The highest BCUT2D eigenvalue weighted by molar-refractivity contribution is 5.93. The Morgan fingerprint density at radius 1 is 1.31 bits per heavy atom. The van der Waals surface area contributed by atoms with Crippen LogP contribution < -0.4 is 5.73 Å². The number of carbonyl (C=O) groups excluding carboxylic acids is 1. The van der Waals surface area contributed by atoms with E-state index in [-0.39, 0.29) is 5.69 Å². The number of amides is 1. The Kier molecular flexibility index (Phi) is 2.63. The number of primary amides is 1. The maximum Gasteiger partial charge on any atom is 0.271 e. The largest absolute Gasteiger partial charge is 0.364 e. The second-order valence-electron chi connectivity index (χ2n) is 3.16. The summed E-state index contributed by atoms with van der Waals surface area (Å²) < 4.78 is 1.72. The number of hydrogen-bond donors (Lipinski definition) is 1. The van der Waals surface area contributed by atoms with Crippen molar-refractivity contribution in [2.24, 2.45) is 5.73 Å². The summed E-state index contributed by atoms with van der Waals surface area (Å²) in [4.78, 5) is 23.4. The van der Waals surface area contributed by atoms with E-state index in [1.807, 2.05) is 6.92 Å². The van der Waals surface area contributed by atoms with Crippen LogP contribution in [0.4, 0.5) is 0 Å². The highest BCUT2D eigenvalue weighted by Crippen LogP contribution is 2.11. The van der Waals surface area contributed by atoms with Gasteiger partial charge in [-0.15, -0.1) is 0 Å². The summed E-state index contributed by atoms with van der Waals surface area (Å²) in [6.07, 6.45) is 7.07. The number of hydrogen-bond acceptors (Lipinski definition) is 4. The fourth-order valence-corrected chi connectivity index (χ4v) is 1.47. The van der Waals surface area contributed by atoms with E-state index in [0.717, 1.165) is 12.2 Å². The molecule has 1 amide bonds. The third-order valence-corrected chi connectivity index (χ3v) is 2.17. The molecule has 16 heavy (non-hydrogen) atoms. The van der Waals surface area contributed by atoms with Gasteiger partial charge in [0.15, 0.2) is 11.5 Å². The Labute approximate surface area is 92.2 Å². The van der Waals surface area contributed by atoms with Gasteiger partial charge in [-0.3, -0.25) is 9.36 Å². The SMILES string of the molecule is CCc1nccn1-c1nccnc1C(N)=O. The number of aromatic nitrogens is 4. The number of rotatable bonds is 3. The number of nitrogens with two attached hydrogens (primary N) is 1. The predicted octanol–water partition coefficient (Wildman–Crippen LogP) is 0.324. The van der Waals surface area contributed by atoms with Crippen molar-refractivity contribution in [3.63, 3.8) is 0 Å². The highest BCUT2D eigenvalue weighted by Gasteiger charge is 2.14. The lowest BCUT2D eigenvalue weighted by Gasteiger charge is -2.07. The molecular weight excluding hydrogens is 206 g/mol. The molecule has 2 aromatic rings. The fourth-order valence-electron chi connectivity index (χ4n) is 1.47. The second kappa shape index (κ2) is 4.09. The van der Waals surface area contributed by atoms with Crippen LogP contribution in [0.2, 0.25) is 0 Å². The minimum Gasteiger partial charge on any atom is -0.364 e. The van der Waals surface area contributed by atoms with Gasteiger partial charge in [0.05, 0.1) is 0 Å². The summed E-state index contributed by atoms with van der Waals surface area (Å²) in [6.45, 7) is 1.97. The molecule has 6 heteroatoms. The molecule has 2 heterocycles. The summed E-state index contributed by atoms with van der Waals surface area (Å²) >= 11 is 0. The lowest BCUT2D eigenvalue weighted by molar-refractivity contribution is 0.0995. The Balaban J connectivity index is 2.60. The first kappa shape index (κ1) is 10.3. The van der Waals surface area contributed by atoms with E-state index in [4.69, 9.17) is 5.73 Å². The average Bonchev–Trinajstić information content (AvgIpc) is 2.76. The summed E-state index contributed by atoms with van der Waals surface area (Å²) in [7, 11) is 0. The van der Waals surface area contributed by atoms with Crippen molar-refractivity contribution < 1.29 is 4.79 Å². The van der Waals surface area contributed by atoms with Crippen LogP contribution in [-0.4, -0.2) is 25.4 Å². The van der Waals surface area contributed by atoms with Gasteiger partial charge >= 0.3 is 0 Å². The molecule has 0 saturated heterocycles. The van der Waals surface area contributed by atoms with Gasteiger partial charge in [-0.25, -0.2) is 15.0 Å². The minimum absolute atomic E-state index is 0.148. The van der Waals surface area contributed by atoms with Crippen molar-refractivity contribution in [3.8, 4) is 5.82 Å². The van der Waals surface area contributed by atoms with Crippen LogP contribution in [0.1, 0.15) is 23.2 Å². The Hall–Kier alpha value is -2.24.